The van der Waals surface area contributed by atoms with Crippen molar-refractivity contribution in [2.45, 2.75) is 57.0 Å². The maximum atomic E-state index is 6.23. The molecule has 2 nitrogen and oxygen atoms in total. The third kappa shape index (κ3) is 2.72. The SMILES string of the molecule is CC[C@H]1COC2(CCN(C[C@H]3CCc4ccccc43)CC2)C1. The van der Waals surface area contributed by atoms with E-state index < -0.39 is 0 Å². The predicted octanol–water partition coefficient (Wildman–Crippen LogP) is 4.00. The molecule has 0 aromatic heterocycles. The zero-order chi connectivity index (χ0) is 15.0. The van der Waals surface area contributed by atoms with Crippen LogP contribution in [0.25, 0.3) is 0 Å². The fourth-order valence-corrected chi connectivity index (χ4v) is 4.84. The number of nitrogens with zero attached hydrogens (tertiary/aromatic N) is 1. The van der Waals surface area contributed by atoms with Gasteiger partial charge < -0.3 is 9.64 Å². The van der Waals surface area contributed by atoms with E-state index in [4.69, 9.17) is 4.74 Å². The molecule has 1 spiro atoms. The van der Waals surface area contributed by atoms with Crippen molar-refractivity contribution in [3.63, 3.8) is 0 Å². The largest absolute Gasteiger partial charge is 0.375 e. The van der Waals surface area contributed by atoms with Gasteiger partial charge in [0, 0.05) is 19.6 Å². The number of piperidine rings is 1. The number of likely N-dealkylation sites (tertiary alicyclic amines) is 1. The second-order valence-electron chi connectivity index (χ2n) is 7.71. The van der Waals surface area contributed by atoms with Crippen LogP contribution in [0.2, 0.25) is 0 Å². The van der Waals surface area contributed by atoms with Crippen molar-refractivity contribution >= 4 is 0 Å². The molecule has 1 aliphatic carbocycles. The summed E-state index contributed by atoms with van der Waals surface area (Å²) in [4.78, 5) is 2.70. The summed E-state index contributed by atoms with van der Waals surface area (Å²) in [6.45, 7) is 7.03. The first-order chi connectivity index (χ1) is 10.8. The van der Waals surface area contributed by atoms with Crippen molar-refractivity contribution in [3.05, 3.63) is 35.4 Å². The molecule has 120 valence electrons. The number of aryl methyl sites for hydroxylation is 1. The molecule has 2 aliphatic heterocycles. The summed E-state index contributed by atoms with van der Waals surface area (Å²) < 4.78 is 6.23. The standard InChI is InChI=1S/C20H29NO/c1-2-16-13-20(22-15-16)9-11-21(12-10-20)14-18-8-7-17-5-3-4-6-19(17)18/h3-6,16,18H,2,7-15H2,1H3/t16-,18-/m1/s1. The van der Waals surface area contributed by atoms with Crippen LogP contribution in [0.15, 0.2) is 24.3 Å². The fourth-order valence-electron chi connectivity index (χ4n) is 4.84. The van der Waals surface area contributed by atoms with E-state index in [0.717, 1.165) is 18.4 Å². The van der Waals surface area contributed by atoms with E-state index in [1.165, 1.54) is 58.2 Å². The highest BCUT2D eigenvalue weighted by Gasteiger charge is 2.42. The molecule has 2 saturated heterocycles. The van der Waals surface area contributed by atoms with Gasteiger partial charge in [-0.3, -0.25) is 0 Å². The van der Waals surface area contributed by atoms with Crippen molar-refractivity contribution in [3.8, 4) is 0 Å². The molecule has 2 heteroatoms. The average Bonchev–Trinajstić information content (AvgIpc) is 3.15. The Hall–Kier alpha value is -0.860. The quantitative estimate of drug-likeness (QED) is 0.836. The minimum absolute atomic E-state index is 0.241. The minimum Gasteiger partial charge on any atom is -0.375 e. The highest BCUT2D eigenvalue weighted by Crippen LogP contribution is 2.40. The molecule has 0 radical (unpaired) electrons. The van der Waals surface area contributed by atoms with E-state index in [-0.39, 0.29) is 5.60 Å². The summed E-state index contributed by atoms with van der Waals surface area (Å²) >= 11 is 0. The van der Waals surface area contributed by atoms with Gasteiger partial charge in [-0.15, -0.1) is 0 Å². The molecule has 3 aliphatic rings. The van der Waals surface area contributed by atoms with Gasteiger partial charge in [0.25, 0.3) is 0 Å². The molecule has 22 heavy (non-hydrogen) atoms. The van der Waals surface area contributed by atoms with E-state index in [2.05, 4.69) is 36.1 Å². The van der Waals surface area contributed by atoms with Crippen molar-refractivity contribution < 1.29 is 4.74 Å². The maximum Gasteiger partial charge on any atom is 0.0710 e. The van der Waals surface area contributed by atoms with Crippen molar-refractivity contribution in [1.82, 2.24) is 4.90 Å². The zero-order valence-electron chi connectivity index (χ0n) is 13.9. The molecule has 0 saturated carbocycles. The molecule has 0 amide bonds. The van der Waals surface area contributed by atoms with Gasteiger partial charge in [0.1, 0.15) is 0 Å². The summed E-state index contributed by atoms with van der Waals surface area (Å²) in [5.41, 5.74) is 3.45. The van der Waals surface area contributed by atoms with Crippen LogP contribution in [0.1, 0.15) is 56.1 Å². The Kier molecular flexibility index (Phi) is 4.00. The van der Waals surface area contributed by atoms with Crippen molar-refractivity contribution in [2.24, 2.45) is 5.92 Å². The van der Waals surface area contributed by atoms with Crippen LogP contribution in [0.3, 0.4) is 0 Å². The van der Waals surface area contributed by atoms with E-state index in [0.29, 0.717) is 0 Å². The summed E-state index contributed by atoms with van der Waals surface area (Å²) in [5.74, 6) is 1.58. The topological polar surface area (TPSA) is 12.5 Å². The number of fused-ring (bicyclic) bond motifs is 1. The normalized spacial score (nSPS) is 30.8. The molecule has 2 heterocycles. The monoisotopic (exact) mass is 299 g/mol. The van der Waals surface area contributed by atoms with Crippen molar-refractivity contribution in [1.29, 1.82) is 0 Å². The summed E-state index contributed by atoms with van der Waals surface area (Å²) in [6.07, 6.45) is 7.71. The Morgan fingerprint density at radius 2 is 2.05 bits per heavy atom. The third-order valence-corrected chi connectivity index (χ3v) is 6.37. The first-order valence-corrected chi connectivity index (χ1v) is 9.22. The van der Waals surface area contributed by atoms with Crippen LogP contribution < -0.4 is 0 Å². The third-order valence-electron chi connectivity index (χ3n) is 6.37. The lowest BCUT2D eigenvalue weighted by atomic mass is 9.84. The van der Waals surface area contributed by atoms with E-state index >= 15 is 0 Å². The molecule has 4 rings (SSSR count). The van der Waals surface area contributed by atoms with Crippen molar-refractivity contribution in [2.75, 3.05) is 26.2 Å². The van der Waals surface area contributed by atoms with Crippen LogP contribution >= 0.6 is 0 Å². The Labute approximate surface area is 134 Å². The van der Waals surface area contributed by atoms with Gasteiger partial charge in [0.2, 0.25) is 0 Å². The molecule has 0 bridgehead atoms. The fraction of sp³-hybridized carbons (Fsp3) is 0.700. The average molecular weight is 299 g/mol. The molecule has 2 fully saturated rings. The molecular weight excluding hydrogens is 270 g/mol. The Morgan fingerprint density at radius 3 is 2.82 bits per heavy atom. The van der Waals surface area contributed by atoms with Gasteiger partial charge in [-0.05, 0) is 55.1 Å². The van der Waals surface area contributed by atoms with E-state index in [1.807, 2.05) is 0 Å². The number of hydrogen-bond donors (Lipinski definition) is 0. The lowest BCUT2D eigenvalue weighted by Crippen LogP contribution is -2.45. The molecule has 0 N–H and O–H groups in total. The smallest absolute Gasteiger partial charge is 0.0710 e. The second-order valence-corrected chi connectivity index (χ2v) is 7.71. The summed E-state index contributed by atoms with van der Waals surface area (Å²) in [6, 6.07) is 9.06. The van der Waals surface area contributed by atoms with Gasteiger partial charge in [0.05, 0.1) is 12.2 Å². The molecule has 1 aromatic carbocycles. The van der Waals surface area contributed by atoms with Gasteiger partial charge in [-0.25, -0.2) is 0 Å². The zero-order valence-corrected chi connectivity index (χ0v) is 13.9. The highest BCUT2D eigenvalue weighted by molar-refractivity contribution is 5.35. The Balaban J connectivity index is 1.34. The number of hydrogen-bond acceptors (Lipinski definition) is 2. The Morgan fingerprint density at radius 1 is 1.23 bits per heavy atom. The minimum atomic E-state index is 0.241. The first-order valence-electron chi connectivity index (χ1n) is 9.22. The van der Waals surface area contributed by atoms with E-state index in [1.54, 1.807) is 11.1 Å². The van der Waals surface area contributed by atoms with E-state index in [9.17, 15) is 0 Å². The second kappa shape index (κ2) is 5.98. The van der Waals surface area contributed by atoms with Crippen LogP contribution in [0.4, 0.5) is 0 Å². The number of benzene rings is 1. The maximum absolute atomic E-state index is 6.23. The molecular formula is C20H29NO. The van der Waals surface area contributed by atoms with Gasteiger partial charge in [0.15, 0.2) is 0 Å². The highest BCUT2D eigenvalue weighted by atomic mass is 16.5. The van der Waals surface area contributed by atoms with Crippen LogP contribution in [0, 0.1) is 5.92 Å². The lowest BCUT2D eigenvalue weighted by Gasteiger charge is -2.39. The van der Waals surface area contributed by atoms with Gasteiger partial charge in [-0.2, -0.15) is 0 Å². The molecule has 2 atom stereocenters. The van der Waals surface area contributed by atoms with Crippen LogP contribution in [-0.4, -0.2) is 36.7 Å². The predicted molar refractivity (Wildman–Crippen MR) is 90.3 cm³/mol. The van der Waals surface area contributed by atoms with Crippen LogP contribution in [-0.2, 0) is 11.2 Å². The van der Waals surface area contributed by atoms with Gasteiger partial charge >= 0.3 is 0 Å². The number of ether oxygens (including phenoxy) is 1. The number of rotatable bonds is 3. The summed E-state index contributed by atoms with van der Waals surface area (Å²) in [5, 5.41) is 0. The van der Waals surface area contributed by atoms with Crippen LogP contribution in [0.5, 0.6) is 0 Å². The first kappa shape index (κ1) is 14.7. The molecule has 0 unspecified atom stereocenters. The lowest BCUT2D eigenvalue weighted by molar-refractivity contribution is -0.0444. The van der Waals surface area contributed by atoms with Gasteiger partial charge in [-0.1, -0.05) is 37.6 Å². The molecule has 1 aromatic rings. The Bertz CT molecular complexity index is 518. The summed E-state index contributed by atoms with van der Waals surface area (Å²) in [7, 11) is 0.